The molecule has 1 atom stereocenters. The molecule has 1 unspecified atom stereocenters. The Balaban J connectivity index is 2.65. The minimum atomic E-state index is -0.0990. The molecule has 88 valence electrons. The molecule has 1 aliphatic rings. The van der Waals surface area contributed by atoms with Crippen LogP contribution in [0.3, 0.4) is 0 Å². The number of nitrogens with one attached hydrogen (secondary N) is 1. The fourth-order valence-corrected chi connectivity index (χ4v) is 2.58. The Bertz CT molecular complexity index is 212. The molecule has 1 rings (SSSR count). The van der Waals surface area contributed by atoms with Gasteiger partial charge in [0.1, 0.15) is 0 Å². The lowest BCUT2D eigenvalue weighted by Crippen LogP contribution is -2.53. The van der Waals surface area contributed by atoms with E-state index in [9.17, 15) is 4.79 Å². The standard InChI is InChI=1S/C11H23N3O/c1-8(2)10(11(15)13-12)14(3)9-6-4-5-7-9/h8-10H,4-7,12H2,1-3H3,(H,13,15). The molecule has 1 amide bonds. The molecular formula is C11H23N3O. The van der Waals surface area contributed by atoms with Crippen LogP contribution < -0.4 is 11.3 Å². The van der Waals surface area contributed by atoms with E-state index in [4.69, 9.17) is 5.84 Å². The molecule has 1 fully saturated rings. The normalized spacial score (nSPS) is 19.9. The van der Waals surface area contributed by atoms with E-state index in [0.717, 1.165) is 0 Å². The van der Waals surface area contributed by atoms with Crippen LogP contribution in [0.4, 0.5) is 0 Å². The summed E-state index contributed by atoms with van der Waals surface area (Å²) in [4.78, 5) is 13.9. The Labute approximate surface area is 92.2 Å². The quantitative estimate of drug-likeness (QED) is 0.414. The van der Waals surface area contributed by atoms with Crippen molar-refractivity contribution in [3.8, 4) is 0 Å². The van der Waals surface area contributed by atoms with Crippen molar-refractivity contribution < 1.29 is 4.79 Å². The number of hydrazine groups is 1. The lowest BCUT2D eigenvalue weighted by molar-refractivity contribution is -0.128. The van der Waals surface area contributed by atoms with Crippen molar-refractivity contribution >= 4 is 5.91 Å². The molecule has 0 radical (unpaired) electrons. The first-order chi connectivity index (χ1) is 7.07. The second-order valence-corrected chi connectivity index (χ2v) is 4.80. The fraction of sp³-hybridized carbons (Fsp3) is 0.909. The predicted molar refractivity (Wildman–Crippen MR) is 61.0 cm³/mol. The van der Waals surface area contributed by atoms with E-state index in [-0.39, 0.29) is 11.9 Å². The zero-order valence-electron chi connectivity index (χ0n) is 9.99. The van der Waals surface area contributed by atoms with Crippen LogP contribution in [0.15, 0.2) is 0 Å². The molecule has 0 spiro atoms. The maximum absolute atomic E-state index is 11.7. The Morgan fingerprint density at radius 2 is 1.93 bits per heavy atom. The molecular weight excluding hydrogens is 190 g/mol. The average Bonchev–Trinajstić information content (AvgIpc) is 2.69. The van der Waals surface area contributed by atoms with Crippen molar-refractivity contribution in [2.45, 2.75) is 51.6 Å². The summed E-state index contributed by atoms with van der Waals surface area (Å²) in [5.41, 5.74) is 2.27. The third kappa shape index (κ3) is 2.92. The molecule has 0 heterocycles. The summed E-state index contributed by atoms with van der Waals surface area (Å²) in [5, 5.41) is 0. The van der Waals surface area contributed by atoms with Crippen molar-refractivity contribution in [1.82, 2.24) is 10.3 Å². The monoisotopic (exact) mass is 213 g/mol. The summed E-state index contributed by atoms with van der Waals surface area (Å²) in [6.07, 6.45) is 4.98. The van der Waals surface area contributed by atoms with Gasteiger partial charge in [-0.2, -0.15) is 0 Å². The van der Waals surface area contributed by atoms with E-state index in [2.05, 4.69) is 24.2 Å². The molecule has 0 bridgehead atoms. The van der Waals surface area contributed by atoms with Crippen molar-refractivity contribution in [2.24, 2.45) is 11.8 Å². The first kappa shape index (κ1) is 12.5. The first-order valence-corrected chi connectivity index (χ1v) is 5.80. The van der Waals surface area contributed by atoms with Crippen molar-refractivity contribution in [1.29, 1.82) is 0 Å². The van der Waals surface area contributed by atoms with Crippen LogP contribution in [0.25, 0.3) is 0 Å². The molecule has 0 aromatic carbocycles. The summed E-state index contributed by atoms with van der Waals surface area (Å²) >= 11 is 0. The number of amides is 1. The molecule has 1 saturated carbocycles. The molecule has 0 aromatic rings. The van der Waals surface area contributed by atoms with Gasteiger partial charge in [-0.05, 0) is 25.8 Å². The number of hydrogen-bond donors (Lipinski definition) is 2. The van der Waals surface area contributed by atoms with E-state index >= 15 is 0 Å². The molecule has 0 aliphatic heterocycles. The van der Waals surface area contributed by atoms with Crippen LogP contribution >= 0.6 is 0 Å². The van der Waals surface area contributed by atoms with Crippen LogP contribution in [0.2, 0.25) is 0 Å². The first-order valence-electron chi connectivity index (χ1n) is 5.80. The van der Waals surface area contributed by atoms with Gasteiger partial charge < -0.3 is 0 Å². The van der Waals surface area contributed by atoms with Crippen molar-refractivity contribution in [3.05, 3.63) is 0 Å². The zero-order valence-corrected chi connectivity index (χ0v) is 9.99. The Morgan fingerprint density at radius 1 is 1.40 bits per heavy atom. The molecule has 0 aromatic heterocycles. The number of rotatable bonds is 4. The maximum atomic E-state index is 11.7. The molecule has 0 saturated heterocycles. The van der Waals surface area contributed by atoms with Crippen LogP contribution in [-0.2, 0) is 4.79 Å². The van der Waals surface area contributed by atoms with E-state index in [1.807, 2.05) is 7.05 Å². The Hall–Kier alpha value is -0.610. The third-order valence-electron chi connectivity index (χ3n) is 3.38. The van der Waals surface area contributed by atoms with Gasteiger partial charge in [-0.25, -0.2) is 5.84 Å². The smallest absolute Gasteiger partial charge is 0.251 e. The van der Waals surface area contributed by atoms with Gasteiger partial charge >= 0.3 is 0 Å². The molecule has 3 N–H and O–H groups in total. The predicted octanol–water partition coefficient (Wildman–Crippen LogP) is 0.875. The van der Waals surface area contributed by atoms with Gasteiger partial charge in [-0.3, -0.25) is 15.1 Å². The largest absolute Gasteiger partial charge is 0.293 e. The number of likely N-dealkylation sites (N-methyl/N-ethyl adjacent to an activating group) is 1. The van der Waals surface area contributed by atoms with E-state index in [1.165, 1.54) is 25.7 Å². The minimum Gasteiger partial charge on any atom is -0.293 e. The summed E-state index contributed by atoms with van der Waals surface area (Å²) in [7, 11) is 2.04. The second-order valence-electron chi connectivity index (χ2n) is 4.80. The lowest BCUT2D eigenvalue weighted by Gasteiger charge is -2.34. The van der Waals surface area contributed by atoms with E-state index < -0.39 is 0 Å². The lowest BCUT2D eigenvalue weighted by atomic mass is 10.00. The highest BCUT2D eigenvalue weighted by molar-refractivity contribution is 5.81. The van der Waals surface area contributed by atoms with Gasteiger partial charge in [-0.15, -0.1) is 0 Å². The highest BCUT2D eigenvalue weighted by atomic mass is 16.2. The summed E-state index contributed by atoms with van der Waals surface area (Å²) in [6, 6.07) is 0.452. The molecule has 4 heteroatoms. The summed E-state index contributed by atoms with van der Waals surface area (Å²) in [6.45, 7) is 4.12. The van der Waals surface area contributed by atoms with Crippen LogP contribution in [-0.4, -0.2) is 29.9 Å². The fourth-order valence-electron chi connectivity index (χ4n) is 2.58. The van der Waals surface area contributed by atoms with Gasteiger partial charge in [0.25, 0.3) is 5.91 Å². The molecule has 4 nitrogen and oxygen atoms in total. The van der Waals surface area contributed by atoms with Gasteiger partial charge in [0.05, 0.1) is 6.04 Å². The van der Waals surface area contributed by atoms with Gasteiger partial charge in [-0.1, -0.05) is 26.7 Å². The number of hydrogen-bond acceptors (Lipinski definition) is 3. The van der Waals surface area contributed by atoms with E-state index in [1.54, 1.807) is 0 Å². The maximum Gasteiger partial charge on any atom is 0.251 e. The average molecular weight is 213 g/mol. The number of nitrogens with two attached hydrogens (primary N) is 1. The van der Waals surface area contributed by atoms with Gasteiger partial charge in [0.2, 0.25) is 0 Å². The number of nitrogens with zero attached hydrogens (tertiary/aromatic N) is 1. The Morgan fingerprint density at radius 3 is 2.33 bits per heavy atom. The highest BCUT2D eigenvalue weighted by Gasteiger charge is 2.31. The van der Waals surface area contributed by atoms with Gasteiger partial charge in [0.15, 0.2) is 0 Å². The highest BCUT2D eigenvalue weighted by Crippen LogP contribution is 2.25. The minimum absolute atomic E-state index is 0.0700. The van der Waals surface area contributed by atoms with Gasteiger partial charge in [0, 0.05) is 6.04 Å². The summed E-state index contributed by atoms with van der Waals surface area (Å²) < 4.78 is 0. The SMILES string of the molecule is CC(C)C(C(=O)NN)N(C)C1CCCC1. The van der Waals surface area contributed by atoms with Crippen molar-refractivity contribution in [3.63, 3.8) is 0 Å². The zero-order chi connectivity index (χ0) is 11.4. The number of carbonyl (C=O) groups excluding carboxylic acids is 1. The Kier molecular flexibility index (Phi) is 4.54. The van der Waals surface area contributed by atoms with Crippen LogP contribution in [0.5, 0.6) is 0 Å². The van der Waals surface area contributed by atoms with Crippen molar-refractivity contribution in [2.75, 3.05) is 7.05 Å². The van der Waals surface area contributed by atoms with E-state index in [0.29, 0.717) is 12.0 Å². The molecule has 1 aliphatic carbocycles. The number of carbonyl (C=O) groups is 1. The van der Waals surface area contributed by atoms with Crippen LogP contribution in [0, 0.1) is 5.92 Å². The second kappa shape index (κ2) is 5.47. The molecule has 15 heavy (non-hydrogen) atoms. The van der Waals surface area contributed by atoms with Crippen LogP contribution in [0.1, 0.15) is 39.5 Å². The summed E-state index contributed by atoms with van der Waals surface area (Å²) in [5.74, 6) is 5.44. The topological polar surface area (TPSA) is 58.4 Å². The third-order valence-corrected chi connectivity index (χ3v) is 3.38.